The quantitative estimate of drug-likeness (QED) is 0.679. The van der Waals surface area contributed by atoms with Crippen molar-refractivity contribution in [3.63, 3.8) is 0 Å². The van der Waals surface area contributed by atoms with Crippen molar-refractivity contribution in [1.29, 1.82) is 0 Å². The smallest absolute Gasteiger partial charge is 0.120 e. The van der Waals surface area contributed by atoms with E-state index < -0.39 is 0 Å². The number of rotatable bonds is 4. The first-order valence-corrected chi connectivity index (χ1v) is 7.36. The summed E-state index contributed by atoms with van der Waals surface area (Å²) in [5.41, 5.74) is 4.70. The van der Waals surface area contributed by atoms with Gasteiger partial charge in [-0.15, -0.1) is 11.6 Å². The molecule has 0 saturated carbocycles. The van der Waals surface area contributed by atoms with Gasteiger partial charge in [-0.25, -0.2) is 0 Å². The van der Waals surface area contributed by atoms with Crippen LogP contribution < -0.4 is 4.74 Å². The van der Waals surface area contributed by atoms with E-state index in [1.807, 2.05) is 12.1 Å². The van der Waals surface area contributed by atoms with E-state index in [-0.39, 0.29) is 5.38 Å². The summed E-state index contributed by atoms with van der Waals surface area (Å²) in [5.74, 6) is 0.745. The second-order valence-electron chi connectivity index (χ2n) is 4.99. The standard InChI is InChI=1S/C17H18Cl2O/c1-11-4-5-12(2)13(8-11)9-16(18)15-7-6-14(20-3)10-17(15)19/h4-8,10,16H,9H2,1-3H3. The normalized spacial score (nSPS) is 12.2. The zero-order chi connectivity index (χ0) is 14.7. The summed E-state index contributed by atoms with van der Waals surface area (Å²) in [6.07, 6.45) is 0.765. The molecule has 0 fully saturated rings. The molecular weight excluding hydrogens is 291 g/mol. The number of aryl methyl sites for hydroxylation is 2. The number of alkyl halides is 1. The van der Waals surface area contributed by atoms with Crippen molar-refractivity contribution < 1.29 is 4.74 Å². The van der Waals surface area contributed by atoms with Gasteiger partial charge in [-0.05, 0) is 49.1 Å². The number of ether oxygens (including phenoxy) is 1. The first-order chi connectivity index (χ1) is 9.51. The summed E-state index contributed by atoms with van der Waals surface area (Å²) in [4.78, 5) is 0. The van der Waals surface area contributed by atoms with E-state index in [1.54, 1.807) is 13.2 Å². The molecule has 0 heterocycles. The van der Waals surface area contributed by atoms with E-state index in [0.717, 1.165) is 17.7 Å². The monoisotopic (exact) mass is 308 g/mol. The van der Waals surface area contributed by atoms with Gasteiger partial charge in [-0.2, -0.15) is 0 Å². The summed E-state index contributed by atoms with van der Waals surface area (Å²) in [5, 5.41) is 0.503. The van der Waals surface area contributed by atoms with E-state index in [2.05, 4.69) is 32.0 Å². The molecule has 0 radical (unpaired) electrons. The molecule has 0 aliphatic carbocycles. The average Bonchev–Trinajstić information content (AvgIpc) is 2.42. The van der Waals surface area contributed by atoms with Crippen LogP contribution in [0.15, 0.2) is 36.4 Å². The van der Waals surface area contributed by atoms with Gasteiger partial charge in [-0.1, -0.05) is 41.4 Å². The molecule has 0 aromatic heterocycles. The molecule has 1 atom stereocenters. The van der Waals surface area contributed by atoms with E-state index in [4.69, 9.17) is 27.9 Å². The Hall–Kier alpha value is -1.18. The van der Waals surface area contributed by atoms with Crippen molar-refractivity contribution in [3.05, 3.63) is 63.7 Å². The number of hydrogen-bond donors (Lipinski definition) is 0. The Morgan fingerprint density at radius 3 is 2.50 bits per heavy atom. The molecule has 0 bridgehead atoms. The van der Waals surface area contributed by atoms with Gasteiger partial charge < -0.3 is 4.74 Å². The van der Waals surface area contributed by atoms with Gasteiger partial charge in [0.2, 0.25) is 0 Å². The van der Waals surface area contributed by atoms with Crippen molar-refractivity contribution in [3.8, 4) is 5.75 Å². The highest BCUT2D eigenvalue weighted by Gasteiger charge is 2.14. The maximum Gasteiger partial charge on any atom is 0.120 e. The topological polar surface area (TPSA) is 9.23 Å². The Labute approximate surface area is 130 Å². The maximum atomic E-state index is 6.54. The molecule has 0 spiro atoms. The minimum atomic E-state index is -0.145. The molecule has 0 aliphatic heterocycles. The number of methoxy groups -OCH3 is 1. The van der Waals surface area contributed by atoms with Crippen molar-refractivity contribution in [2.75, 3.05) is 7.11 Å². The highest BCUT2D eigenvalue weighted by Crippen LogP contribution is 2.33. The van der Waals surface area contributed by atoms with Gasteiger partial charge in [0.25, 0.3) is 0 Å². The summed E-state index contributed by atoms with van der Waals surface area (Å²) in [7, 11) is 1.62. The third-order valence-corrected chi connectivity index (χ3v) is 4.17. The van der Waals surface area contributed by atoms with Gasteiger partial charge >= 0.3 is 0 Å². The van der Waals surface area contributed by atoms with Crippen molar-refractivity contribution in [1.82, 2.24) is 0 Å². The molecule has 0 aliphatic rings. The van der Waals surface area contributed by atoms with Crippen LogP contribution in [-0.2, 0) is 6.42 Å². The molecule has 0 saturated heterocycles. The molecule has 106 valence electrons. The second-order valence-corrected chi connectivity index (χ2v) is 5.92. The fourth-order valence-electron chi connectivity index (χ4n) is 2.21. The van der Waals surface area contributed by atoms with Gasteiger partial charge in [0.1, 0.15) is 5.75 Å². The Kier molecular flexibility index (Phi) is 4.95. The Morgan fingerprint density at radius 2 is 1.85 bits per heavy atom. The molecule has 1 unspecified atom stereocenters. The van der Waals surface area contributed by atoms with Crippen LogP contribution in [0.4, 0.5) is 0 Å². The van der Waals surface area contributed by atoms with Crippen LogP contribution >= 0.6 is 23.2 Å². The van der Waals surface area contributed by atoms with Gasteiger partial charge in [0.05, 0.1) is 12.5 Å². The molecule has 0 amide bonds. The zero-order valence-electron chi connectivity index (χ0n) is 11.9. The fourth-order valence-corrected chi connectivity index (χ4v) is 2.93. The third-order valence-electron chi connectivity index (χ3n) is 3.45. The number of hydrogen-bond acceptors (Lipinski definition) is 1. The fraction of sp³-hybridized carbons (Fsp3) is 0.294. The SMILES string of the molecule is COc1ccc(C(Cl)Cc2cc(C)ccc2C)c(Cl)c1. The Bertz CT molecular complexity index is 608. The molecule has 2 aromatic carbocycles. The molecular formula is C17H18Cl2O. The van der Waals surface area contributed by atoms with Crippen LogP contribution in [-0.4, -0.2) is 7.11 Å². The van der Waals surface area contributed by atoms with Crippen LogP contribution in [0.3, 0.4) is 0 Å². The molecule has 2 aromatic rings. The highest BCUT2D eigenvalue weighted by atomic mass is 35.5. The number of halogens is 2. The second kappa shape index (κ2) is 6.51. The molecule has 20 heavy (non-hydrogen) atoms. The van der Waals surface area contributed by atoms with E-state index >= 15 is 0 Å². The van der Waals surface area contributed by atoms with Crippen LogP contribution in [0, 0.1) is 13.8 Å². The van der Waals surface area contributed by atoms with Crippen LogP contribution in [0.5, 0.6) is 5.75 Å². The van der Waals surface area contributed by atoms with Gasteiger partial charge in [-0.3, -0.25) is 0 Å². The van der Waals surface area contributed by atoms with Crippen molar-refractivity contribution in [2.24, 2.45) is 0 Å². The first kappa shape index (κ1) is 15.2. The highest BCUT2D eigenvalue weighted by molar-refractivity contribution is 6.33. The lowest BCUT2D eigenvalue weighted by Gasteiger charge is -2.15. The van der Waals surface area contributed by atoms with Crippen molar-refractivity contribution in [2.45, 2.75) is 25.6 Å². The molecule has 3 heteroatoms. The van der Waals surface area contributed by atoms with E-state index in [0.29, 0.717) is 5.02 Å². The van der Waals surface area contributed by atoms with Gasteiger partial charge in [0.15, 0.2) is 0 Å². The summed E-state index contributed by atoms with van der Waals surface area (Å²) in [6, 6.07) is 12.0. The summed E-state index contributed by atoms with van der Waals surface area (Å²) < 4.78 is 5.16. The molecule has 1 nitrogen and oxygen atoms in total. The van der Waals surface area contributed by atoms with Crippen LogP contribution in [0.1, 0.15) is 27.6 Å². The average molecular weight is 309 g/mol. The largest absolute Gasteiger partial charge is 0.497 e. The maximum absolute atomic E-state index is 6.54. The number of benzene rings is 2. The van der Waals surface area contributed by atoms with Crippen molar-refractivity contribution >= 4 is 23.2 Å². The predicted molar refractivity (Wildman–Crippen MR) is 86.2 cm³/mol. The van der Waals surface area contributed by atoms with E-state index in [9.17, 15) is 0 Å². The summed E-state index contributed by atoms with van der Waals surface area (Å²) >= 11 is 12.8. The molecule has 2 rings (SSSR count). The third kappa shape index (κ3) is 3.47. The van der Waals surface area contributed by atoms with Gasteiger partial charge in [0, 0.05) is 5.02 Å². The van der Waals surface area contributed by atoms with Crippen LogP contribution in [0.25, 0.3) is 0 Å². The predicted octanol–water partition coefficient (Wildman–Crippen LogP) is 5.49. The minimum absolute atomic E-state index is 0.145. The zero-order valence-corrected chi connectivity index (χ0v) is 13.4. The lowest BCUT2D eigenvalue weighted by atomic mass is 9.98. The molecule has 0 N–H and O–H groups in total. The minimum Gasteiger partial charge on any atom is -0.497 e. The summed E-state index contributed by atoms with van der Waals surface area (Å²) in [6.45, 7) is 4.19. The Balaban J connectivity index is 2.23. The lowest BCUT2D eigenvalue weighted by Crippen LogP contribution is -2.00. The first-order valence-electron chi connectivity index (χ1n) is 6.55. The Morgan fingerprint density at radius 1 is 1.10 bits per heavy atom. The van der Waals surface area contributed by atoms with Crippen LogP contribution in [0.2, 0.25) is 5.02 Å². The lowest BCUT2D eigenvalue weighted by molar-refractivity contribution is 0.414. The van der Waals surface area contributed by atoms with E-state index in [1.165, 1.54) is 16.7 Å².